The summed E-state index contributed by atoms with van der Waals surface area (Å²) in [6.07, 6.45) is 4.24. The lowest BCUT2D eigenvalue weighted by molar-refractivity contribution is 0.170. The Morgan fingerprint density at radius 1 is 1.16 bits per heavy atom. The molecule has 1 fully saturated rings. The highest BCUT2D eigenvalue weighted by Crippen LogP contribution is 2.26. The van der Waals surface area contributed by atoms with Crippen molar-refractivity contribution >= 4 is 17.2 Å². The van der Waals surface area contributed by atoms with Gasteiger partial charge in [0.2, 0.25) is 0 Å². The molecule has 1 aliphatic rings. The number of nitrogens with zero attached hydrogens (tertiary/aromatic N) is 5. The Morgan fingerprint density at radius 2 is 1.92 bits per heavy atom. The first kappa shape index (κ1) is 16.6. The number of imidazole rings is 1. The highest BCUT2D eigenvalue weighted by molar-refractivity contribution is 6.30. The molecule has 1 aliphatic heterocycles. The van der Waals surface area contributed by atoms with Crippen LogP contribution in [0.2, 0.25) is 5.02 Å². The molecule has 0 aliphatic carbocycles. The second-order valence-corrected chi connectivity index (χ2v) is 7.53. The van der Waals surface area contributed by atoms with Gasteiger partial charge in [-0.3, -0.25) is 9.58 Å². The lowest BCUT2D eigenvalue weighted by Crippen LogP contribution is -2.35. The van der Waals surface area contributed by atoms with Crippen molar-refractivity contribution in [3.63, 3.8) is 0 Å². The standard InChI is InChI=1S/C19H24ClN5/c1-13-10-14(2)25(22-13)17-6-8-23(9-7-17)12-18-15(3)21-19-5-4-16(20)11-24(18)19/h4-5,10-11,17H,6-9,12H2,1-3H3. The number of aromatic nitrogens is 4. The largest absolute Gasteiger partial charge is 0.301 e. The molecule has 0 saturated carbocycles. The van der Waals surface area contributed by atoms with E-state index in [1.54, 1.807) is 0 Å². The second kappa shape index (κ2) is 6.46. The summed E-state index contributed by atoms with van der Waals surface area (Å²) in [4.78, 5) is 7.17. The summed E-state index contributed by atoms with van der Waals surface area (Å²) in [6, 6.07) is 6.56. The van der Waals surface area contributed by atoms with Crippen LogP contribution in [0.15, 0.2) is 24.4 Å². The smallest absolute Gasteiger partial charge is 0.137 e. The number of aryl methyl sites for hydroxylation is 3. The van der Waals surface area contributed by atoms with E-state index in [9.17, 15) is 0 Å². The third kappa shape index (κ3) is 3.18. The summed E-state index contributed by atoms with van der Waals surface area (Å²) in [7, 11) is 0. The first-order valence-corrected chi connectivity index (χ1v) is 9.27. The van der Waals surface area contributed by atoms with Crippen molar-refractivity contribution in [1.29, 1.82) is 0 Å². The zero-order chi connectivity index (χ0) is 17.6. The van der Waals surface area contributed by atoms with E-state index in [1.165, 1.54) is 11.4 Å². The van der Waals surface area contributed by atoms with Crippen molar-refractivity contribution < 1.29 is 0 Å². The van der Waals surface area contributed by atoms with Crippen LogP contribution in [0.5, 0.6) is 0 Å². The third-order valence-corrected chi connectivity index (χ3v) is 5.43. The molecule has 132 valence electrons. The Morgan fingerprint density at radius 3 is 2.60 bits per heavy atom. The Balaban J connectivity index is 1.48. The predicted molar refractivity (Wildman–Crippen MR) is 100 cm³/mol. The molecular formula is C19H24ClN5. The first-order valence-electron chi connectivity index (χ1n) is 8.89. The summed E-state index contributed by atoms with van der Waals surface area (Å²) in [6.45, 7) is 9.37. The molecule has 4 rings (SSSR count). The lowest BCUT2D eigenvalue weighted by Gasteiger charge is -2.32. The van der Waals surface area contributed by atoms with Gasteiger partial charge in [0.25, 0.3) is 0 Å². The van der Waals surface area contributed by atoms with Gasteiger partial charge in [0.05, 0.1) is 28.1 Å². The number of hydrogen-bond donors (Lipinski definition) is 0. The van der Waals surface area contributed by atoms with Gasteiger partial charge >= 0.3 is 0 Å². The summed E-state index contributed by atoms with van der Waals surface area (Å²) in [5, 5.41) is 5.41. The van der Waals surface area contributed by atoms with Crippen molar-refractivity contribution in [2.75, 3.05) is 13.1 Å². The van der Waals surface area contributed by atoms with Gasteiger partial charge < -0.3 is 4.40 Å². The number of rotatable bonds is 3. The highest BCUT2D eigenvalue weighted by atomic mass is 35.5. The van der Waals surface area contributed by atoms with E-state index >= 15 is 0 Å². The van der Waals surface area contributed by atoms with Gasteiger partial charge in [-0.05, 0) is 51.8 Å². The first-order chi connectivity index (χ1) is 12.0. The third-order valence-electron chi connectivity index (χ3n) is 5.20. The van der Waals surface area contributed by atoms with E-state index < -0.39 is 0 Å². The van der Waals surface area contributed by atoms with Crippen LogP contribution in [0.1, 0.15) is 41.7 Å². The van der Waals surface area contributed by atoms with Gasteiger partial charge in [0.15, 0.2) is 0 Å². The van der Waals surface area contributed by atoms with Crippen LogP contribution in [0, 0.1) is 20.8 Å². The second-order valence-electron chi connectivity index (χ2n) is 7.10. The highest BCUT2D eigenvalue weighted by Gasteiger charge is 2.23. The molecule has 5 nitrogen and oxygen atoms in total. The molecule has 0 unspecified atom stereocenters. The van der Waals surface area contributed by atoms with Gasteiger partial charge in [0.1, 0.15) is 5.65 Å². The van der Waals surface area contributed by atoms with Gasteiger partial charge in [-0.15, -0.1) is 0 Å². The van der Waals surface area contributed by atoms with E-state index in [4.69, 9.17) is 11.6 Å². The van der Waals surface area contributed by atoms with Crippen molar-refractivity contribution in [3.05, 3.63) is 52.2 Å². The SMILES string of the molecule is Cc1cc(C)n(C2CCN(Cc3c(C)nc4ccc(Cl)cn34)CC2)n1. The average Bonchev–Trinajstić information content (AvgIpc) is 3.07. The van der Waals surface area contributed by atoms with E-state index in [0.717, 1.165) is 54.5 Å². The quantitative estimate of drug-likeness (QED) is 0.712. The van der Waals surface area contributed by atoms with E-state index in [1.807, 2.05) is 18.3 Å². The van der Waals surface area contributed by atoms with Gasteiger partial charge in [0, 0.05) is 31.5 Å². The molecule has 6 heteroatoms. The molecule has 0 N–H and O–H groups in total. The monoisotopic (exact) mass is 357 g/mol. The van der Waals surface area contributed by atoms with Crippen LogP contribution in [-0.2, 0) is 6.54 Å². The maximum atomic E-state index is 6.17. The molecule has 25 heavy (non-hydrogen) atoms. The Labute approximate surface area is 153 Å². The Bertz CT molecular complexity index is 902. The summed E-state index contributed by atoms with van der Waals surface area (Å²) in [5.41, 5.74) is 5.67. The van der Waals surface area contributed by atoms with Crippen molar-refractivity contribution in [2.24, 2.45) is 0 Å². The molecule has 0 atom stereocenters. The summed E-state index contributed by atoms with van der Waals surface area (Å²) in [5.74, 6) is 0. The van der Waals surface area contributed by atoms with Gasteiger partial charge in [-0.2, -0.15) is 5.10 Å². The number of halogens is 1. The normalized spacial score (nSPS) is 16.8. The molecule has 3 aromatic heterocycles. The molecule has 0 radical (unpaired) electrons. The molecule has 0 spiro atoms. The van der Waals surface area contributed by atoms with Gasteiger partial charge in [-0.1, -0.05) is 11.6 Å². The van der Waals surface area contributed by atoms with Crippen LogP contribution in [-0.4, -0.2) is 37.2 Å². The minimum absolute atomic E-state index is 0.516. The van der Waals surface area contributed by atoms with Crippen LogP contribution in [0.4, 0.5) is 0 Å². The van der Waals surface area contributed by atoms with E-state index in [0.29, 0.717) is 6.04 Å². The van der Waals surface area contributed by atoms with E-state index in [2.05, 4.69) is 50.9 Å². The van der Waals surface area contributed by atoms with Crippen molar-refractivity contribution in [3.8, 4) is 0 Å². The van der Waals surface area contributed by atoms with Crippen molar-refractivity contribution in [1.82, 2.24) is 24.1 Å². The van der Waals surface area contributed by atoms with Crippen LogP contribution < -0.4 is 0 Å². The molecule has 3 aromatic rings. The van der Waals surface area contributed by atoms with Gasteiger partial charge in [-0.25, -0.2) is 4.98 Å². The molecule has 0 bridgehead atoms. The van der Waals surface area contributed by atoms with Crippen LogP contribution >= 0.6 is 11.6 Å². The summed E-state index contributed by atoms with van der Waals surface area (Å²) < 4.78 is 4.34. The minimum atomic E-state index is 0.516. The number of likely N-dealkylation sites (tertiary alicyclic amines) is 1. The zero-order valence-corrected chi connectivity index (χ0v) is 15.8. The fourth-order valence-electron chi connectivity index (χ4n) is 3.93. The zero-order valence-electron chi connectivity index (χ0n) is 15.0. The lowest BCUT2D eigenvalue weighted by atomic mass is 10.0. The fourth-order valence-corrected chi connectivity index (χ4v) is 4.09. The maximum Gasteiger partial charge on any atom is 0.137 e. The topological polar surface area (TPSA) is 38.4 Å². The number of piperidine rings is 1. The predicted octanol–water partition coefficient (Wildman–Crippen LogP) is 3.95. The number of fused-ring (bicyclic) bond motifs is 1. The average molecular weight is 358 g/mol. The minimum Gasteiger partial charge on any atom is -0.301 e. The molecule has 4 heterocycles. The number of hydrogen-bond acceptors (Lipinski definition) is 3. The molecule has 0 aromatic carbocycles. The van der Waals surface area contributed by atoms with E-state index in [-0.39, 0.29) is 0 Å². The van der Waals surface area contributed by atoms with Crippen LogP contribution in [0.3, 0.4) is 0 Å². The Kier molecular flexibility index (Phi) is 4.29. The van der Waals surface area contributed by atoms with Crippen LogP contribution in [0.25, 0.3) is 5.65 Å². The Hall–Kier alpha value is -1.85. The fraction of sp³-hybridized carbons (Fsp3) is 0.474. The maximum absolute atomic E-state index is 6.17. The summed E-state index contributed by atoms with van der Waals surface area (Å²) >= 11 is 6.17. The van der Waals surface area contributed by atoms with Crippen molar-refractivity contribution in [2.45, 2.75) is 46.2 Å². The number of pyridine rings is 1. The molecule has 1 saturated heterocycles. The molecule has 0 amide bonds. The molecular weight excluding hydrogens is 334 g/mol.